The molecule has 1 saturated heterocycles. The first-order chi connectivity index (χ1) is 10.7. The number of aliphatic hydroxyl groups excluding tert-OH is 1. The molecule has 2 heterocycles. The van der Waals surface area contributed by atoms with Crippen molar-refractivity contribution in [1.29, 1.82) is 0 Å². The first-order valence-electron chi connectivity index (χ1n) is 8.12. The molecule has 1 unspecified atom stereocenters. The van der Waals surface area contributed by atoms with E-state index in [2.05, 4.69) is 26.6 Å². The smallest absolute Gasteiger partial charge is 0.0945 e. The molecule has 1 fully saturated rings. The number of hydrogen-bond acceptors (Lipinski definition) is 3. The zero-order valence-corrected chi connectivity index (χ0v) is 13.2. The average Bonchev–Trinajstić information content (AvgIpc) is 2.94. The maximum absolute atomic E-state index is 10.5. The van der Waals surface area contributed by atoms with Crippen molar-refractivity contribution >= 4 is 0 Å². The summed E-state index contributed by atoms with van der Waals surface area (Å²) in [4.78, 5) is 6.63. The third-order valence-electron chi connectivity index (χ3n) is 4.77. The highest BCUT2D eigenvalue weighted by atomic mass is 16.3. The number of piperidine rings is 1. The molecular formula is C18H25N3O. The average molecular weight is 299 g/mol. The molecule has 1 atom stereocenters. The van der Waals surface area contributed by atoms with E-state index in [1.165, 1.54) is 11.3 Å². The summed E-state index contributed by atoms with van der Waals surface area (Å²) in [7, 11) is 2.04. The van der Waals surface area contributed by atoms with Gasteiger partial charge in [-0.25, -0.2) is 4.98 Å². The van der Waals surface area contributed by atoms with Crippen LogP contribution in [0.25, 0.3) is 0 Å². The molecule has 0 saturated carbocycles. The van der Waals surface area contributed by atoms with E-state index in [1.807, 2.05) is 37.8 Å². The highest BCUT2D eigenvalue weighted by Crippen LogP contribution is 2.24. The van der Waals surface area contributed by atoms with Gasteiger partial charge in [0.15, 0.2) is 0 Å². The van der Waals surface area contributed by atoms with E-state index in [4.69, 9.17) is 0 Å². The van der Waals surface area contributed by atoms with Crippen molar-refractivity contribution in [2.75, 3.05) is 13.1 Å². The number of benzene rings is 1. The number of hydrogen-bond donors (Lipinski definition) is 1. The second-order valence-corrected chi connectivity index (χ2v) is 6.37. The van der Waals surface area contributed by atoms with Crippen LogP contribution in [-0.4, -0.2) is 38.8 Å². The number of rotatable bonds is 5. The van der Waals surface area contributed by atoms with E-state index in [1.54, 1.807) is 0 Å². The van der Waals surface area contributed by atoms with E-state index in [-0.39, 0.29) is 6.10 Å². The summed E-state index contributed by atoms with van der Waals surface area (Å²) < 4.78 is 2.08. The predicted octanol–water partition coefficient (Wildman–Crippen LogP) is 2.24. The quantitative estimate of drug-likeness (QED) is 0.920. The maximum atomic E-state index is 10.5. The molecule has 0 radical (unpaired) electrons. The second kappa shape index (κ2) is 7.07. The first-order valence-corrected chi connectivity index (χ1v) is 8.12. The Balaban J connectivity index is 1.48. The van der Waals surface area contributed by atoms with Gasteiger partial charge in [0.2, 0.25) is 0 Å². The zero-order valence-electron chi connectivity index (χ0n) is 13.2. The van der Waals surface area contributed by atoms with Crippen LogP contribution >= 0.6 is 0 Å². The lowest BCUT2D eigenvalue weighted by atomic mass is 9.88. The fraction of sp³-hybridized carbons (Fsp3) is 0.500. The van der Waals surface area contributed by atoms with Gasteiger partial charge in [-0.2, -0.15) is 0 Å². The molecule has 4 heteroatoms. The molecule has 0 amide bonds. The van der Waals surface area contributed by atoms with Gasteiger partial charge in [-0.05, 0) is 43.8 Å². The fourth-order valence-corrected chi connectivity index (χ4v) is 3.28. The Kier molecular flexibility index (Phi) is 4.90. The summed E-state index contributed by atoms with van der Waals surface area (Å²) >= 11 is 0. The standard InChI is InChI=1S/C18H25N3O/c1-20-14-19-12-17(20)13-21-9-7-16(8-10-21)18(22)11-15-5-3-2-4-6-15/h2-6,12,14,16,18,22H,7-11,13H2,1H3. The van der Waals surface area contributed by atoms with Crippen LogP contribution in [0.2, 0.25) is 0 Å². The van der Waals surface area contributed by atoms with Crippen molar-refractivity contribution in [2.45, 2.75) is 31.9 Å². The van der Waals surface area contributed by atoms with Crippen LogP contribution in [0.15, 0.2) is 42.9 Å². The van der Waals surface area contributed by atoms with E-state index >= 15 is 0 Å². The lowest BCUT2D eigenvalue weighted by Gasteiger charge is -2.34. The van der Waals surface area contributed by atoms with Gasteiger partial charge in [-0.3, -0.25) is 4.90 Å². The fourth-order valence-electron chi connectivity index (χ4n) is 3.28. The van der Waals surface area contributed by atoms with Crippen LogP contribution in [0, 0.1) is 5.92 Å². The zero-order chi connectivity index (χ0) is 15.4. The van der Waals surface area contributed by atoms with Gasteiger partial charge >= 0.3 is 0 Å². The second-order valence-electron chi connectivity index (χ2n) is 6.37. The van der Waals surface area contributed by atoms with E-state index in [0.717, 1.165) is 38.9 Å². The van der Waals surface area contributed by atoms with Crippen LogP contribution in [0.3, 0.4) is 0 Å². The van der Waals surface area contributed by atoms with Gasteiger partial charge in [-0.1, -0.05) is 30.3 Å². The van der Waals surface area contributed by atoms with Crippen molar-refractivity contribution in [3.05, 3.63) is 54.1 Å². The SMILES string of the molecule is Cn1cncc1CN1CCC(C(O)Cc2ccccc2)CC1. The van der Waals surface area contributed by atoms with Crippen LogP contribution in [0.1, 0.15) is 24.1 Å². The molecule has 4 nitrogen and oxygen atoms in total. The summed E-state index contributed by atoms with van der Waals surface area (Å²) in [6.45, 7) is 3.07. The molecule has 1 N–H and O–H groups in total. The molecule has 1 aromatic carbocycles. The lowest BCUT2D eigenvalue weighted by molar-refractivity contribution is 0.0571. The Labute approximate surface area is 132 Å². The Morgan fingerprint density at radius 2 is 1.95 bits per heavy atom. The molecule has 22 heavy (non-hydrogen) atoms. The van der Waals surface area contributed by atoms with E-state index < -0.39 is 0 Å². The molecule has 0 spiro atoms. The van der Waals surface area contributed by atoms with Gasteiger partial charge < -0.3 is 9.67 Å². The normalized spacial score (nSPS) is 18.5. The number of nitrogens with zero attached hydrogens (tertiary/aromatic N) is 3. The molecule has 1 aliphatic heterocycles. The topological polar surface area (TPSA) is 41.3 Å². The summed E-state index contributed by atoms with van der Waals surface area (Å²) in [5.74, 6) is 0.419. The number of aliphatic hydroxyl groups is 1. The minimum atomic E-state index is -0.221. The number of imidazole rings is 1. The van der Waals surface area contributed by atoms with Gasteiger partial charge in [0.1, 0.15) is 0 Å². The van der Waals surface area contributed by atoms with E-state index in [9.17, 15) is 5.11 Å². The molecule has 3 rings (SSSR count). The lowest BCUT2D eigenvalue weighted by Crippen LogP contribution is -2.38. The third-order valence-corrected chi connectivity index (χ3v) is 4.77. The Morgan fingerprint density at radius 1 is 1.23 bits per heavy atom. The highest BCUT2D eigenvalue weighted by molar-refractivity contribution is 5.15. The third kappa shape index (κ3) is 3.76. The van der Waals surface area contributed by atoms with Crippen molar-refractivity contribution < 1.29 is 5.11 Å². The number of aryl methyl sites for hydroxylation is 1. The number of aromatic nitrogens is 2. The Bertz CT molecular complexity index is 573. The summed E-state index contributed by atoms with van der Waals surface area (Å²) in [5.41, 5.74) is 2.48. The molecule has 2 aromatic rings. The van der Waals surface area contributed by atoms with Gasteiger partial charge in [-0.15, -0.1) is 0 Å². The first kappa shape index (κ1) is 15.3. The van der Waals surface area contributed by atoms with Crippen molar-refractivity contribution in [3.63, 3.8) is 0 Å². The molecule has 0 bridgehead atoms. The predicted molar refractivity (Wildman–Crippen MR) is 87.4 cm³/mol. The maximum Gasteiger partial charge on any atom is 0.0945 e. The molecule has 118 valence electrons. The Hall–Kier alpha value is -1.65. The van der Waals surface area contributed by atoms with Gasteiger partial charge in [0, 0.05) is 19.8 Å². The van der Waals surface area contributed by atoms with Crippen LogP contribution in [0.4, 0.5) is 0 Å². The van der Waals surface area contributed by atoms with Crippen LogP contribution < -0.4 is 0 Å². The summed E-state index contributed by atoms with van der Waals surface area (Å²) in [6, 6.07) is 10.3. The Morgan fingerprint density at radius 3 is 2.59 bits per heavy atom. The summed E-state index contributed by atoms with van der Waals surface area (Å²) in [5, 5.41) is 10.5. The van der Waals surface area contributed by atoms with Crippen LogP contribution in [-0.2, 0) is 20.0 Å². The molecule has 0 aliphatic carbocycles. The molecule has 1 aromatic heterocycles. The van der Waals surface area contributed by atoms with Gasteiger partial charge in [0.05, 0.1) is 18.1 Å². The molecular weight excluding hydrogens is 274 g/mol. The number of likely N-dealkylation sites (tertiary alicyclic amines) is 1. The van der Waals surface area contributed by atoms with Crippen molar-refractivity contribution in [2.24, 2.45) is 13.0 Å². The molecule has 1 aliphatic rings. The minimum absolute atomic E-state index is 0.221. The van der Waals surface area contributed by atoms with Crippen molar-refractivity contribution in [3.8, 4) is 0 Å². The largest absolute Gasteiger partial charge is 0.392 e. The van der Waals surface area contributed by atoms with Crippen LogP contribution in [0.5, 0.6) is 0 Å². The van der Waals surface area contributed by atoms with Gasteiger partial charge in [0.25, 0.3) is 0 Å². The highest BCUT2D eigenvalue weighted by Gasteiger charge is 2.25. The van der Waals surface area contributed by atoms with E-state index in [0.29, 0.717) is 5.92 Å². The monoisotopic (exact) mass is 299 g/mol. The van der Waals surface area contributed by atoms with Crippen molar-refractivity contribution in [1.82, 2.24) is 14.5 Å². The minimum Gasteiger partial charge on any atom is -0.392 e. The summed E-state index contributed by atoms with van der Waals surface area (Å²) in [6.07, 6.45) is 6.49.